The van der Waals surface area contributed by atoms with Gasteiger partial charge in [-0.2, -0.15) is 0 Å². The van der Waals surface area contributed by atoms with Gasteiger partial charge in [-0.25, -0.2) is 4.79 Å². The minimum Gasteiger partial charge on any atom is -0.422 e. The molecule has 1 aromatic heterocycles. The van der Waals surface area contributed by atoms with E-state index in [9.17, 15) is 14.4 Å². The first-order chi connectivity index (χ1) is 14.6. The summed E-state index contributed by atoms with van der Waals surface area (Å²) >= 11 is 0. The fourth-order valence-corrected chi connectivity index (χ4v) is 4.28. The average Bonchev–Trinajstić information content (AvgIpc) is 3.59. The molecule has 1 saturated heterocycles. The van der Waals surface area contributed by atoms with Crippen LogP contribution in [0.25, 0.3) is 11.0 Å². The first-order valence-corrected chi connectivity index (χ1v) is 10.3. The van der Waals surface area contributed by atoms with Crippen LogP contribution in [-0.2, 0) is 4.79 Å². The van der Waals surface area contributed by atoms with E-state index < -0.39 is 5.63 Å². The molecule has 1 saturated carbocycles. The van der Waals surface area contributed by atoms with Crippen LogP contribution in [0.15, 0.2) is 69.9 Å². The number of fused-ring (bicyclic) bond motifs is 1. The lowest BCUT2D eigenvalue weighted by Crippen LogP contribution is -2.51. The summed E-state index contributed by atoms with van der Waals surface area (Å²) in [5.41, 5.74) is 1.10. The zero-order chi connectivity index (χ0) is 20.7. The number of amides is 2. The van der Waals surface area contributed by atoms with Crippen LogP contribution in [0, 0.1) is 5.92 Å². The standard InChI is InChI=1S/C24H22N2O4/c27-22(19-15-18(19)16-6-2-1-3-7-16)25-10-12-26(13-11-25)23(28)20-14-17-8-4-5-9-21(17)30-24(20)29/h1-9,14,18-19H,10-13,15H2/t18-,19-/m1/s1. The maximum absolute atomic E-state index is 12.9. The minimum absolute atomic E-state index is 0.0415. The monoisotopic (exact) mass is 402 g/mol. The Morgan fingerprint density at radius 1 is 0.867 bits per heavy atom. The molecule has 0 bridgehead atoms. The first-order valence-electron chi connectivity index (χ1n) is 10.3. The van der Waals surface area contributed by atoms with Crippen molar-refractivity contribution in [1.82, 2.24) is 9.80 Å². The van der Waals surface area contributed by atoms with Crippen molar-refractivity contribution in [2.75, 3.05) is 26.2 Å². The highest BCUT2D eigenvalue weighted by Gasteiger charge is 2.46. The molecule has 1 aliphatic heterocycles. The molecule has 0 radical (unpaired) electrons. The fraction of sp³-hybridized carbons (Fsp3) is 0.292. The third-order valence-corrected chi connectivity index (χ3v) is 6.09. The van der Waals surface area contributed by atoms with Crippen molar-refractivity contribution < 1.29 is 14.0 Å². The van der Waals surface area contributed by atoms with Crippen molar-refractivity contribution >= 4 is 22.8 Å². The molecule has 0 N–H and O–H groups in total. The van der Waals surface area contributed by atoms with E-state index in [2.05, 4.69) is 12.1 Å². The van der Waals surface area contributed by atoms with Crippen LogP contribution in [0.4, 0.5) is 0 Å². The predicted molar refractivity (Wildman–Crippen MR) is 112 cm³/mol. The van der Waals surface area contributed by atoms with Gasteiger partial charge in [-0.1, -0.05) is 48.5 Å². The van der Waals surface area contributed by atoms with Crippen LogP contribution in [0.3, 0.4) is 0 Å². The summed E-state index contributed by atoms with van der Waals surface area (Å²) in [6.45, 7) is 1.81. The summed E-state index contributed by atoms with van der Waals surface area (Å²) in [4.78, 5) is 41.5. The molecule has 2 aliphatic rings. The van der Waals surface area contributed by atoms with Crippen LogP contribution in [-0.4, -0.2) is 47.8 Å². The van der Waals surface area contributed by atoms with Crippen LogP contribution >= 0.6 is 0 Å². The van der Waals surface area contributed by atoms with Crippen molar-refractivity contribution in [3.8, 4) is 0 Å². The Hall–Kier alpha value is -3.41. The average molecular weight is 402 g/mol. The van der Waals surface area contributed by atoms with Gasteiger partial charge in [0.1, 0.15) is 11.1 Å². The number of carbonyl (C=O) groups excluding carboxylic acids is 2. The van der Waals surface area contributed by atoms with E-state index in [1.54, 1.807) is 23.1 Å². The second-order valence-corrected chi connectivity index (χ2v) is 7.96. The smallest absolute Gasteiger partial charge is 0.349 e. The lowest BCUT2D eigenvalue weighted by Gasteiger charge is -2.34. The molecule has 2 amide bonds. The van der Waals surface area contributed by atoms with Gasteiger partial charge in [0.2, 0.25) is 5.91 Å². The van der Waals surface area contributed by atoms with E-state index in [4.69, 9.17) is 4.42 Å². The van der Waals surface area contributed by atoms with E-state index in [0.717, 1.165) is 11.8 Å². The second kappa shape index (κ2) is 7.44. The number of hydrogen-bond acceptors (Lipinski definition) is 4. The summed E-state index contributed by atoms with van der Waals surface area (Å²) in [5, 5.41) is 0.718. The Balaban J connectivity index is 1.23. The van der Waals surface area contributed by atoms with Crippen LogP contribution < -0.4 is 5.63 Å². The van der Waals surface area contributed by atoms with Crippen molar-refractivity contribution in [3.05, 3.63) is 82.2 Å². The molecular formula is C24H22N2O4. The molecule has 30 heavy (non-hydrogen) atoms. The number of piperazine rings is 1. The van der Waals surface area contributed by atoms with E-state index in [1.165, 1.54) is 5.56 Å². The molecule has 2 aromatic carbocycles. The zero-order valence-corrected chi connectivity index (χ0v) is 16.5. The van der Waals surface area contributed by atoms with Gasteiger partial charge in [0.15, 0.2) is 0 Å². The summed E-state index contributed by atoms with van der Waals surface area (Å²) in [7, 11) is 0. The van der Waals surface area contributed by atoms with Crippen molar-refractivity contribution in [2.45, 2.75) is 12.3 Å². The molecule has 5 rings (SSSR count). The van der Waals surface area contributed by atoms with Crippen LogP contribution in [0.2, 0.25) is 0 Å². The number of benzene rings is 2. The Kier molecular flexibility index (Phi) is 4.62. The third-order valence-electron chi connectivity index (χ3n) is 6.09. The summed E-state index contributed by atoms with van der Waals surface area (Å²) in [6.07, 6.45) is 0.889. The molecule has 3 aromatic rings. The lowest BCUT2D eigenvalue weighted by molar-refractivity contribution is -0.134. The molecule has 6 nitrogen and oxygen atoms in total. The largest absolute Gasteiger partial charge is 0.422 e. The third kappa shape index (κ3) is 3.38. The molecule has 0 spiro atoms. The molecule has 2 fully saturated rings. The fourth-order valence-electron chi connectivity index (χ4n) is 4.28. The highest BCUT2D eigenvalue weighted by Crippen LogP contribution is 2.48. The minimum atomic E-state index is -0.624. The Labute approximate surface area is 173 Å². The number of hydrogen-bond donors (Lipinski definition) is 0. The van der Waals surface area contributed by atoms with Gasteiger partial charge in [0.25, 0.3) is 5.91 Å². The SMILES string of the molecule is O=C(c1cc2ccccc2oc1=O)N1CCN(C(=O)[C@@H]2C[C@@H]2c2ccccc2)CC1. The highest BCUT2D eigenvalue weighted by molar-refractivity contribution is 5.96. The van der Waals surface area contributed by atoms with Gasteiger partial charge in [-0.05, 0) is 30.0 Å². The number of para-hydroxylation sites is 1. The Morgan fingerprint density at radius 2 is 1.53 bits per heavy atom. The molecule has 2 heterocycles. The Bertz CT molecular complexity index is 1160. The number of rotatable bonds is 3. The van der Waals surface area contributed by atoms with E-state index in [0.29, 0.717) is 37.7 Å². The van der Waals surface area contributed by atoms with Crippen LogP contribution in [0.1, 0.15) is 28.3 Å². The molecule has 1 aliphatic carbocycles. The quantitative estimate of drug-likeness (QED) is 0.632. The van der Waals surface area contributed by atoms with Gasteiger partial charge in [-0.15, -0.1) is 0 Å². The normalized spacial score (nSPS) is 20.9. The van der Waals surface area contributed by atoms with Gasteiger partial charge < -0.3 is 14.2 Å². The van der Waals surface area contributed by atoms with E-state index in [1.807, 2.05) is 35.2 Å². The number of nitrogens with zero attached hydrogens (tertiary/aromatic N) is 2. The molecular weight excluding hydrogens is 380 g/mol. The van der Waals surface area contributed by atoms with Gasteiger partial charge in [0.05, 0.1) is 0 Å². The van der Waals surface area contributed by atoms with E-state index in [-0.39, 0.29) is 23.3 Å². The molecule has 0 unspecified atom stereocenters. The molecule has 152 valence electrons. The molecule has 2 atom stereocenters. The zero-order valence-electron chi connectivity index (χ0n) is 16.5. The Morgan fingerprint density at radius 3 is 2.30 bits per heavy atom. The summed E-state index contributed by atoms with van der Waals surface area (Å²) < 4.78 is 5.29. The molecule has 6 heteroatoms. The maximum Gasteiger partial charge on any atom is 0.349 e. The first kappa shape index (κ1) is 18.6. The second-order valence-electron chi connectivity index (χ2n) is 7.96. The van der Waals surface area contributed by atoms with Crippen LogP contribution in [0.5, 0.6) is 0 Å². The van der Waals surface area contributed by atoms with Gasteiger partial charge >= 0.3 is 5.63 Å². The highest BCUT2D eigenvalue weighted by atomic mass is 16.4. The van der Waals surface area contributed by atoms with Crippen molar-refractivity contribution in [3.63, 3.8) is 0 Å². The summed E-state index contributed by atoms with van der Waals surface area (Å²) in [5.74, 6) is 0.180. The maximum atomic E-state index is 12.9. The van der Waals surface area contributed by atoms with Crippen molar-refractivity contribution in [1.29, 1.82) is 0 Å². The lowest BCUT2D eigenvalue weighted by atomic mass is 10.1. The number of carbonyl (C=O) groups is 2. The van der Waals surface area contributed by atoms with Gasteiger partial charge in [0, 0.05) is 37.5 Å². The van der Waals surface area contributed by atoms with Crippen molar-refractivity contribution in [2.24, 2.45) is 5.92 Å². The topological polar surface area (TPSA) is 70.8 Å². The van der Waals surface area contributed by atoms with E-state index >= 15 is 0 Å². The summed E-state index contributed by atoms with van der Waals surface area (Å²) in [6, 6.07) is 18.9. The predicted octanol–water partition coefficient (Wildman–Crippen LogP) is 2.88. The van der Waals surface area contributed by atoms with Gasteiger partial charge in [-0.3, -0.25) is 9.59 Å².